The Balaban J connectivity index is 1.61. The van der Waals surface area contributed by atoms with Gasteiger partial charge in [-0.2, -0.15) is 5.26 Å². The molecule has 0 atom stereocenters. The molecule has 9 heteroatoms. The van der Waals surface area contributed by atoms with Crippen LogP contribution in [0.4, 0.5) is 15.8 Å². The number of carbonyl (C=O) groups is 1. The summed E-state index contributed by atoms with van der Waals surface area (Å²) in [5.74, 6) is -0.946. The van der Waals surface area contributed by atoms with E-state index in [2.05, 4.69) is 5.32 Å². The molecule has 0 aliphatic carbocycles. The molecule has 0 aromatic heterocycles. The molecule has 1 heterocycles. The number of rotatable bonds is 4. The molecule has 28 heavy (non-hydrogen) atoms. The van der Waals surface area contributed by atoms with E-state index in [1.807, 2.05) is 11.0 Å². The van der Waals surface area contributed by atoms with E-state index in [1.165, 1.54) is 30.3 Å². The lowest BCUT2D eigenvalue weighted by Gasteiger charge is -2.33. The van der Waals surface area contributed by atoms with Gasteiger partial charge in [-0.15, -0.1) is 0 Å². The van der Waals surface area contributed by atoms with Crippen LogP contribution in [0.1, 0.15) is 18.4 Å². The molecule has 0 unspecified atom stereocenters. The highest BCUT2D eigenvalue weighted by atomic mass is 32.2. The number of benzene rings is 2. The molecule has 0 saturated carbocycles. The van der Waals surface area contributed by atoms with Crippen molar-refractivity contribution in [2.75, 3.05) is 23.3 Å². The van der Waals surface area contributed by atoms with Crippen molar-refractivity contribution in [2.45, 2.75) is 17.7 Å². The smallest absolute Gasteiger partial charge is 0.238 e. The maximum atomic E-state index is 13.8. The number of nitrogens with zero attached hydrogens (tertiary/aromatic N) is 2. The van der Waals surface area contributed by atoms with Gasteiger partial charge < -0.3 is 10.2 Å². The minimum absolute atomic E-state index is 0.0142. The van der Waals surface area contributed by atoms with Crippen molar-refractivity contribution in [1.29, 1.82) is 5.26 Å². The standard InChI is InChI=1S/C19H19FN4O3S/c20-17-2-1-3-18(16(17)12-21)24-10-8-13(9-11-24)19(25)23-14-4-6-15(7-5-14)28(22,26)27/h1-7,13H,8-11H2,(H,23,25)(H2,22,26,27). The number of primary sulfonamides is 1. The molecule has 0 radical (unpaired) electrons. The third-order valence-corrected chi connectivity index (χ3v) is 5.69. The Morgan fingerprint density at radius 3 is 2.39 bits per heavy atom. The average Bonchev–Trinajstić information content (AvgIpc) is 2.67. The van der Waals surface area contributed by atoms with Crippen molar-refractivity contribution in [1.82, 2.24) is 0 Å². The molecule has 1 aliphatic heterocycles. The number of hydrogen-bond acceptors (Lipinski definition) is 5. The Labute approximate surface area is 162 Å². The number of nitriles is 1. The van der Waals surface area contributed by atoms with E-state index in [0.717, 1.165) is 0 Å². The third-order valence-electron chi connectivity index (χ3n) is 4.76. The molecule has 1 fully saturated rings. The summed E-state index contributed by atoms with van der Waals surface area (Å²) in [7, 11) is -3.78. The van der Waals surface area contributed by atoms with Crippen LogP contribution in [0.2, 0.25) is 0 Å². The minimum Gasteiger partial charge on any atom is -0.370 e. The number of hydrogen-bond donors (Lipinski definition) is 2. The summed E-state index contributed by atoms with van der Waals surface area (Å²) < 4.78 is 36.3. The van der Waals surface area contributed by atoms with Crippen LogP contribution in [-0.2, 0) is 14.8 Å². The van der Waals surface area contributed by atoms with Crippen molar-refractivity contribution in [3.8, 4) is 6.07 Å². The zero-order valence-electron chi connectivity index (χ0n) is 14.9. The molecule has 0 bridgehead atoms. The Hall–Kier alpha value is -2.96. The van der Waals surface area contributed by atoms with Gasteiger partial charge in [-0.3, -0.25) is 4.79 Å². The monoisotopic (exact) mass is 402 g/mol. The summed E-state index contributed by atoms with van der Waals surface area (Å²) in [4.78, 5) is 14.4. The maximum Gasteiger partial charge on any atom is 0.238 e. The zero-order chi connectivity index (χ0) is 20.3. The van der Waals surface area contributed by atoms with Gasteiger partial charge in [-0.05, 0) is 49.2 Å². The molecule has 1 aliphatic rings. The first-order valence-electron chi connectivity index (χ1n) is 8.67. The summed E-state index contributed by atoms with van der Waals surface area (Å²) in [5, 5.41) is 17.0. The molecule has 1 saturated heterocycles. The lowest BCUT2D eigenvalue weighted by molar-refractivity contribution is -0.120. The van der Waals surface area contributed by atoms with E-state index < -0.39 is 15.8 Å². The summed E-state index contributed by atoms with van der Waals surface area (Å²) >= 11 is 0. The zero-order valence-corrected chi connectivity index (χ0v) is 15.7. The Morgan fingerprint density at radius 2 is 1.82 bits per heavy atom. The Morgan fingerprint density at radius 1 is 1.18 bits per heavy atom. The van der Waals surface area contributed by atoms with Crippen molar-refractivity contribution in [3.05, 3.63) is 53.8 Å². The van der Waals surface area contributed by atoms with Crippen LogP contribution in [0.5, 0.6) is 0 Å². The molecule has 7 nitrogen and oxygen atoms in total. The van der Waals surface area contributed by atoms with Gasteiger partial charge in [-0.1, -0.05) is 6.07 Å². The van der Waals surface area contributed by atoms with Gasteiger partial charge >= 0.3 is 0 Å². The first-order valence-corrected chi connectivity index (χ1v) is 10.2. The second-order valence-corrected chi connectivity index (χ2v) is 8.13. The topological polar surface area (TPSA) is 116 Å². The number of sulfonamides is 1. The lowest BCUT2D eigenvalue weighted by Crippen LogP contribution is -2.38. The molecule has 3 rings (SSSR count). The number of nitrogens with one attached hydrogen (secondary N) is 1. The van der Waals surface area contributed by atoms with Gasteiger partial charge in [0.15, 0.2) is 0 Å². The van der Waals surface area contributed by atoms with Gasteiger partial charge in [0.1, 0.15) is 17.4 Å². The van der Waals surface area contributed by atoms with E-state index in [4.69, 9.17) is 5.14 Å². The SMILES string of the molecule is N#Cc1c(F)cccc1N1CCC(C(=O)Nc2ccc(S(N)(=O)=O)cc2)CC1. The summed E-state index contributed by atoms with van der Waals surface area (Å²) in [6.07, 6.45) is 1.12. The van der Waals surface area contributed by atoms with Crippen LogP contribution in [0.15, 0.2) is 47.4 Å². The first kappa shape index (κ1) is 19.8. The first-order chi connectivity index (χ1) is 13.3. The van der Waals surface area contributed by atoms with Crippen molar-refractivity contribution in [3.63, 3.8) is 0 Å². The van der Waals surface area contributed by atoms with Crippen LogP contribution in [0.3, 0.4) is 0 Å². The fourth-order valence-corrected chi connectivity index (χ4v) is 3.76. The van der Waals surface area contributed by atoms with E-state index in [0.29, 0.717) is 37.3 Å². The number of halogens is 1. The highest BCUT2D eigenvalue weighted by Crippen LogP contribution is 2.28. The van der Waals surface area contributed by atoms with Crippen molar-refractivity contribution < 1.29 is 17.6 Å². The molecule has 0 spiro atoms. The number of amides is 1. The van der Waals surface area contributed by atoms with E-state index >= 15 is 0 Å². The second-order valence-electron chi connectivity index (χ2n) is 6.57. The summed E-state index contributed by atoms with van der Waals surface area (Å²) in [6, 6.07) is 12.1. The normalized spacial score (nSPS) is 15.1. The van der Waals surface area contributed by atoms with Crippen molar-refractivity contribution in [2.24, 2.45) is 11.1 Å². The predicted molar refractivity (Wildman–Crippen MR) is 102 cm³/mol. The van der Waals surface area contributed by atoms with Gasteiger partial charge in [0.05, 0.1) is 10.6 Å². The molecular weight excluding hydrogens is 383 g/mol. The minimum atomic E-state index is -3.78. The number of carbonyl (C=O) groups excluding carboxylic acids is 1. The Bertz CT molecular complexity index is 1020. The summed E-state index contributed by atoms with van der Waals surface area (Å²) in [6.45, 7) is 1.06. The van der Waals surface area contributed by atoms with Crippen LogP contribution in [0, 0.1) is 23.1 Å². The molecule has 3 N–H and O–H groups in total. The highest BCUT2D eigenvalue weighted by Gasteiger charge is 2.26. The van der Waals surface area contributed by atoms with Gasteiger partial charge in [0, 0.05) is 24.7 Å². The lowest BCUT2D eigenvalue weighted by atomic mass is 9.95. The van der Waals surface area contributed by atoms with Crippen LogP contribution >= 0.6 is 0 Å². The average molecular weight is 402 g/mol. The second kappa shape index (κ2) is 7.96. The molecule has 2 aromatic rings. The fourth-order valence-electron chi connectivity index (χ4n) is 3.24. The van der Waals surface area contributed by atoms with Crippen LogP contribution in [-0.4, -0.2) is 27.4 Å². The molecule has 2 aromatic carbocycles. The Kier molecular flexibility index (Phi) is 5.63. The molecular formula is C19H19FN4O3S. The van der Waals surface area contributed by atoms with Crippen LogP contribution < -0.4 is 15.4 Å². The predicted octanol–water partition coefficient (Wildman–Crippen LogP) is 2.20. The van der Waals surface area contributed by atoms with Gasteiger partial charge in [-0.25, -0.2) is 17.9 Å². The van der Waals surface area contributed by atoms with E-state index in [9.17, 15) is 22.9 Å². The quantitative estimate of drug-likeness (QED) is 0.813. The van der Waals surface area contributed by atoms with Gasteiger partial charge in [0.2, 0.25) is 15.9 Å². The van der Waals surface area contributed by atoms with E-state index in [1.54, 1.807) is 12.1 Å². The largest absolute Gasteiger partial charge is 0.370 e. The molecule has 146 valence electrons. The maximum absolute atomic E-state index is 13.8. The molecule has 1 amide bonds. The highest BCUT2D eigenvalue weighted by molar-refractivity contribution is 7.89. The van der Waals surface area contributed by atoms with E-state index in [-0.39, 0.29) is 22.3 Å². The number of nitrogens with two attached hydrogens (primary N) is 1. The number of anilines is 2. The van der Waals surface area contributed by atoms with Crippen LogP contribution in [0.25, 0.3) is 0 Å². The fraction of sp³-hybridized carbons (Fsp3) is 0.263. The van der Waals surface area contributed by atoms with Gasteiger partial charge in [0.25, 0.3) is 0 Å². The van der Waals surface area contributed by atoms with Crippen molar-refractivity contribution >= 4 is 27.3 Å². The number of piperidine rings is 1. The summed E-state index contributed by atoms with van der Waals surface area (Å²) in [5.41, 5.74) is 1.04. The third kappa shape index (κ3) is 4.30.